The van der Waals surface area contributed by atoms with E-state index in [1.165, 1.54) is 64.7 Å². The molecule has 2 heteroatoms. The van der Waals surface area contributed by atoms with Crippen LogP contribution in [0.4, 0.5) is 0 Å². The fourth-order valence-corrected chi connectivity index (χ4v) is 5.28. The standard InChI is InChI=1S/C17H32N2/c1-4-18-11-15-10-17(8-6-5-7-9-17)16(13-18)19(12-15)14(2)3/h14-16H,4-13H2,1-3H3. The second-order valence-electron chi connectivity index (χ2n) is 7.65. The molecule has 0 N–H and O–H groups in total. The molecule has 3 aliphatic heterocycles. The van der Waals surface area contributed by atoms with Gasteiger partial charge in [-0.1, -0.05) is 26.2 Å². The van der Waals surface area contributed by atoms with Crippen LogP contribution < -0.4 is 0 Å². The highest BCUT2D eigenvalue weighted by Gasteiger charge is 2.50. The topological polar surface area (TPSA) is 6.48 Å². The van der Waals surface area contributed by atoms with Crippen LogP contribution in [-0.2, 0) is 0 Å². The lowest BCUT2D eigenvalue weighted by molar-refractivity contribution is -0.0396. The molecule has 1 saturated carbocycles. The first-order valence-corrected chi connectivity index (χ1v) is 8.63. The summed E-state index contributed by atoms with van der Waals surface area (Å²) < 4.78 is 0. The third kappa shape index (κ3) is 2.47. The number of hydrogen-bond acceptors (Lipinski definition) is 2. The minimum Gasteiger partial charge on any atom is -0.302 e. The smallest absolute Gasteiger partial charge is 0.0282 e. The first kappa shape index (κ1) is 13.9. The van der Waals surface area contributed by atoms with E-state index in [4.69, 9.17) is 0 Å². The van der Waals surface area contributed by atoms with Crippen LogP contribution >= 0.6 is 0 Å². The Bertz CT molecular complexity index is 306. The fourth-order valence-electron chi connectivity index (χ4n) is 5.28. The van der Waals surface area contributed by atoms with Crippen molar-refractivity contribution < 1.29 is 0 Å². The van der Waals surface area contributed by atoms with Gasteiger partial charge in [0, 0.05) is 31.7 Å². The molecule has 0 radical (unpaired) electrons. The summed E-state index contributed by atoms with van der Waals surface area (Å²) in [7, 11) is 0. The predicted octanol–water partition coefficient (Wildman–Crippen LogP) is 3.37. The number of fused-ring (bicyclic) bond motifs is 3. The third-order valence-corrected chi connectivity index (χ3v) is 6.18. The van der Waals surface area contributed by atoms with Gasteiger partial charge < -0.3 is 4.90 Å². The molecule has 3 heterocycles. The molecule has 4 fully saturated rings. The minimum absolute atomic E-state index is 0.676. The van der Waals surface area contributed by atoms with E-state index in [1.54, 1.807) is 0 Å². The van der Waals surface area contributed by atoms with Crippen LogP contribution in [0.1, 0.15) is 59.3 Å². The average Bonchev–Trinajstić information content (AvgIpc) is 2.67. The largest absolute Gasteiger partial charge is 0.302 e. The molecule has 1 aliphatic carbocycles. The van der Waals surface area contributed by atoms with Crippen LogP contribution in [0.2, 0.25) is 0 Å². The summed E-state index contributed by atoms with van der Waals surface area (Å²) in [5.41, 5.74) is 0.676. The van der Waals surface area contributed by atoms with Crippen LogP contribution in [-0.4, -0.2) is 48.1 Å². The lowest BCUT2D eigenvalue weighted by Gasteiger charge is -2.54. The van der Waals surface area contributed by atoms with E-state index in [9.17, 15) is 0 Å². The molecule has 110 valence electrons. The van der Waals surface area contributed by atoms with Gasteiger partial charge in [0.1, 0.15) is 0 Å². The van der Waals surface area contributed by atoms with E-state index in [1.807, 2.05) is 0 Å². The second kappa shape index (κ2) is 5.37. The van der Waals surface area contributed by atoms with Gasteiger partial charge in [0.2, 0.25) is 0 Å². The number of hydrogen-bond donors (Lipinski definition) is 0. The van der Waals surface area contributed by atoms with Crippen molar-refractivity contribution in [3.05, 3.63) is 0 Å². The summed E-state index contributed by atoms with van der Waals surface area (Å²) in [4.78, 5) is 5.61. The summed E-state index contributed by atoms with van der Waals surface area (Å²) in [6, 6.07) is 1.56. The molecule has 1 spiro atoms. The van der Waals surface area contributed by atoms with Crippen molar-refractivity contribution in [2.45, 2.75) is 71.4 Å². The second-order valence-corrected chi connectivity index (χ2v) is 7.65. The van der Waals surface area contributed by atoms with E-state index in [0.29, 0.717) is 5.41 Å². The lowest BCUT2D eigenvalue weighted by Crippen LogP contribution is -2.58. The summed E-state index contributed by atoms with van der Waals surface area (Å²) in [6.07, 6.45) is 9.00. The predicted molar refractivity (Wildman–Crippen MR) is 81.4 cm³/mol. The molecular weight excluding hydrogens is 232 g/mol. The van der Waals surface area contributed by atoms with Gasteiger partial charge in [0.05, 0.1) is 0 Å². The van der Waals surface area contributed by atoms with Crippen LogP contribution in [0, 0.1) is 11.3 Å². The Morgan fingerprint density at radius 1 is 1.05 bits per heavy atom. The zero-order valence-electron chi connectivity index (χ0n) is 13.2. The summed E-state index contributed by atoms with van der Waals surface area (Å²) in [5.74, 6) is 0.930. The van der Waals surface area contributed by atoms with Crippen LogP contribution in [0.3, 0.4) is 0 Å². The highest BCUT2D eigenvalue weighted by Crippen LogP contribution is 2.51. The van der Waals surface area contributed by atoms with Crippen molar-refractivity contribution in [2.24, 2.45) is 11.3 Å². The van der Waals surface area contributed by atoms with Gasteiger partial charge in [-0.05, 0) is 51.0 Å². The molecule has 4 rings (SSSR count). The summed E-state index contributed by atoms with van der Waals surface area (Å²) in [6.45, 7) is 12.5. The first-order valence-electron chi connectivity index (χ1n) is 8.63. The highest BCUT2D eigenvalue weighted by molar-refractivity contribution is 5.04. The van der Waals surface area contributed by atoms with Gasteiger partial charge >= 0.3 is 0 Å². The van der Waals surface area contributed by atoms with E-state index >= 15 is 0 Å². The molecule has 0 aromatic carbocycles. The Hall–Kier alpha value is -0.0800. The molecule has 19 heavy (non-hydrogen) atoms. The van der Waals surface area contributed by atoms with Gasteiger partial charge in [0.15, 0.2) is 0 Å². The maximum Gasteiger partial charge on any atom is 0.0282 e. The molecule has 2 atom stereocenters. The van der Waals surface area contributed by atoms with Gasteiger partial charge in [-0.25, -0.2) is 0 Å². The normalized spacial score (nSPS) is 36.0. The van der Waals surface area contributed by atoms with E-state index in [0.717, 1.165) is 18.0 Å². The maximum atomic E-state index is 2.87. The van der Waals surface area contributed by atoms with Crippen molar-refractivity contribution in [2.75, 3.05) is 26.2 Å². The van der Waals surface area contributed by atoms with E-state index in [2.05, 4.69) is 30.6 Å². The van der Waals surface area contributed by atoms with Gasteiger partial charge in [-0.3, -0.25) is 4.90 Å². The van der Waals surface area contributed by atoms with E-state index in [-0.39, 0.29) is 0 Å². The zero-order valence-corrected chi connectivity index (χ0v) is 13.2. The molecule has 0 aromatic heterocycles. The number of likely N-dealkylation sites (N-methyl/N-ethyl adjacent to an activating group) is 1. The SMILES string of the molecule is CCN1CC2CN(C(C)C)C(C1)C1(CCCCC1)C2. The molecule has 3 saturated heterocycles. The Morgan fingerprint density at radius 2 is 1.79 bits per heavy atom. The van der Waals surface area contributed by atoms with Gasteiger partial charge in [-0.2, -0.15) is 0 Å². The van der Waals surface area contributed by atoms with Crippen LogP contribution in [0.25, 0.3) is 0 Å². The van der Waals surface area contributed by atoms with Crippen molar-refractivity contribution >= 4 is 0 Å². The average molecular weight is 264 g/mol. The first-order chi connectivity index (χ1) is 9.14. The Morgan fingerprint density at radius 3 is 2.42 bits per heavy atom. The maximum absolute atomic E-state index is 2.87. The van der Waals surface area contributed by atoms with Crippen LogP contribution in [0.15, 0.2) is 0 Å². The minimum atomic E-state index is 0.676. The molecule has 2 bridgehead atoms. The molecule has 0 amide bonds. The fraction of sp³-hybridized carbons (Fsp3) is 1.00. The molecule has 2 nitrogen and oxygen atoms in total. The summed E-state index contributed by atoms with van der Waals surface area (Å²) >= 11 is 0. The van der Waals surface area contributed by atoms with Crippen molar-refractivity contribution in [1.29, 1.82) is 0 Å². The lowest BCUT2D eigenvalue weighted by atomic mass is 9.62. The van der Waals surface area contributed by atoms with E-state index < -0.39 is 0 Å². The summed E-state index contributed by atoms with van der Waals surface area (Å²) in [5, 5.41) is 0. The highest BCUT2D eigenvalue weighted by atomic mass is 15.3. The van der Waals surface area contributed by atoms with Crippen molar-refractivity contribution in [3.8, 4) is 0 Å². The Balaban J connectivity index is 1.89. The molecule has 4 aliphatic rings. The Kier molecular flexibility index (Phi) is 3.92. The van der Waals surface area contributed by atoms with Crippen LogP contribution in [0.5, 0.6) is 0 Å². The quantitative estimate of drug-likeness (QED) is 0.754. The number of rotatable bonds is 2. The monoisotopic (exact) mass is 264 g/mol. The molecule has 0 aromatic rings. The number of piperidine rings is 1. The van der Waals surface area contributed by atoms with Gasteiger partial charge in [0.25, 0.3) is 0 Å². The van der Waals surface area contributed by atoms with Crippen molar-refractivity contribution in [1.82, 2.24) is 9.80 Å². The number of nitrogens with zero attached hydrogens (tertiary/aromatic N) is 2. The third-order valence-electron chi connectivity index (χ3n) is 6.18. The Labute approximate surface area is 119 Å². The zero-order chi connectivity index (χ0) is 13.5. The molecular formula is C17H32N2. The molecule has 2 unspecified atom stereocenters. The van der Waals surface area contributed by atoms with Gasteiger partial charge in [-0.15, -0.1) is 0 Å². The van der Waals surface area contributed by atoms with Crippen molar-refractivity contribution in [3.63, 3.8) is 0 Å².